The Kier molecular flexibility index (Phi) is 9.93. The van der Waals surface area contributed by atoms with E-state index in [9.17, 15) is 14.0 Å². The first kappa shape index (κ1) is 29.6. The maximum atomic E-state index is 14.0. The van der Waals surface area contributed by atoms with Gasteiger partial charge in [0.2, 0.25) is 12.3 Å². The monoisotopic (exact) mass is 561 g/mol. The summed E-state index contributed by atoms with van der Waals surface area (Å²) < 4.78 is 14.0. The highest BCUT2D eigenvalue weighted by atomic mass is 35.5. The van der Waals surface area contributed by atoms with Crippen LogP contribution in [-0.4, -0.2) is 41.9 Å². The van der Waals surface area contributed by atoms with Gasteiger partial charge in [0.1, 0.15) is 11.6 Å². The maximum absolute atomic E-state index is 14.0. The Morgan fingerprint density at radius 3 is 2.58 bits per heavy atom. The molecular weight excluding hydrogens is 528 g/mol. The first-order valence-corrected chi connectivity index (χ1v) is 13.1. The Balaban J connectivity index is 0.000000221. The zero-order chi connectivity index (χ0) is 27.9. The number of fused-ring (bicyclic) bond motifs is 2. The van der Waals surface area contributed by atoms with Gasteiger partial charge in [-0.3, -0.25) is 9.59 Å². The lowest BCUT2D eigenvalue weighted by atomic mass is 9.70. The van der Waals surface area contributed by atoms with E-state index in [4.69, 9.17) is 23.2 Å². The van der Waals surface area contributed by atoms with Crippen LogP contribution in [-0.2, 0) is 21.4 Å². The van der Waals surface area contributed by atoms with Crippen molar-refractivity contribution in [3.63, 3.8) is 0 Å². The predicted molar refractivity (Wildman–Crippen MR) is 150 cm³/mol. The predicted octanol–water partition coefficient (Wildman–Crippen LogP) is 5.46. The zero-order valence-corrected chi connectivity index (χ0v) is 23.5. The largest absolute Gasteiger partial charge is 0.358 e. The van der Waals surface area contributed by atoms with Crippen LogP contribution < -0.4 is 16.0 Å². The van der Waals surface area contributed by atoms with Crippen molar-refractivity contribution in [2.75, 3.05) is 25.0 Å². The van der Waals surface area contributed by atoms with E-state index >= 15 is 0 Å². The first-order valence-electron chi connectivity index (χ1n) is 12.4. The van der Waals surface area contributed by atoms with Crippen molar-refractivity contribution in [1.29, 1.82) is 0 Å². The van der Waals surface area contributed by atoms with Crippen molar-refractivity contribution in [2.45, 2.75) is 45.4 Å². The molecular formula is C28H34Cl2FN5O2. The molecule has 5 rings (SSSR count). The first-order chi connectivity index (χ1) is 18.0. The van der Waals surface area contributed by atoms with Crippen LogP contribution in [0.2, 0.25) is 10.0 Å². The van der Waals surface area contributed by atoms with Gasteiger partial charge in [0.25, 0.3) is 0 Å². The normalized spacial score (nSPS) is 19.6. The second-order valence-electron chi connectivity index (χ2n) is 10.8. The molecule has 1 fully saturated rings. The average molecular weight is 563 g/mol. The quantitative estimate of drug-likeness (QED) is 0.245. The summed E-state index contributed by atoms with van der Waals surface area (Å²) in [5, 5.41) is 9.29. The van der Waals surface area contributed by atoms with Crippen molar-refractivity contribution >= 4 is 41.2 Å². The number of H-pyrrole nitrogens is 1. The molecule has 1 spiro atoms. The summed E-state index contributed by atoms with van der Waals surface area (Å²) in [5.41, 5.74) is 1.85. The topological polar surface area (TPSA) is 98.9 Å². The lowest BCUT2D eigenvalue weighted by Crippen LogP contribution is -2.41. The van der Waals surface area contributed by atoms with Crippen LogP contribution in [0.1, 0.15) is 50.6 Å². The highest BCUT2D eigenvalue weighted by Gasteiger charge is 2.55. The van der Waals surface area contributed by atoms with Gasteiger partial charge in [-0.1, -0.05) is 63.0 Å². The molecule has 1 aromatic heterocycles. The van der Waals surface area contributed by atoms with Gasteiger partial charge in [0, 0.05) is 55.1 Å². The fourth-order valence-corrected chi connectivity index (χ4v) is 4.78. The summed E-state index contributed by atoms with van der Waals surface area (Å²) in [6, 6.07) is 10.3. The number of halogens is 3. The van der Waals surface area contributed by atoms with Gasteiger partial charge in [-0.05, 0) is 40.8 Å². The molecule has 2 aliphatic rings. The fraction of sp³-hybridized carbons (Fsp3) is 0.393. The summed E-state index contributed by atoms with van der Waals surface area (Å²) in [7, 11) is 0. The van der Waals surface area contributed by atoms with Gasteiger partial charge in [-0.2, -0.15) is 0 Å². The van der Waals surface area contributed by atoms with Crippen LogP contribution in [0.5, 0.6) is 0 Å². The second kappa shape index (κ2) is 12.7. The maximum Gasteiger partial charge on any atom is 0.237 e. The van der Waals surface area contributed by atoms with E-state index in [1.807, 2.05) is 18.2 Å². The minimum atomic E-state index is -0.842. The minimum absolute atomic E-state index is 0.00589. The molecule has 1 saturated heterocycles. The van der Waals surface area contributed by atoms with Crippen LogP contribution >= 0.6 is 23.2 Å². The lowest BCUT2D eigenvalue weighted by molar-refractivity contribution is -0.120. The number of nitrogens with zero attached hydrogens (tertiary/aromatic N) is 1. The van der Waals surface area contributed by atoms with E-state index in [-0.39, 0.29) is 16.8 Å². The molecule has 0 bridgehead atoms. The van der Waals surface area contributed by atoms with Gasteiger partial charge in [0.15, 0.2) is 0 Å². The molecule has 10 heteroatoms. The SMILES string of the molecule is CC(C)(C)C.O=C1Nc2cc(Cl)c(F)cc2C12CNC[C@@H]2c1cccc(Cl)c1.O=CNCCc1ncc[nH]1. The summed E-state index contributed by atoms with van der Waals surface area (Å²) in [4.78, 5) is 29.5. The number of anilines is 1. The van der Waals surface area contributed by atoms with E-state index in [0.29, 0.717) is 47.7 Å². The Morgan fingerprint density at radius 2 is 1.95 bits per heavy atom. The van der Waals surface area contributed by atoms with E-state index in [0.717, 1.165) is 17.8 Å². The van der Waals surface area contributed by atoms with Crippen LogP contribution in [0.4, 0.5) is 10.1 Å². The number of aromatic amines is 1. The molecule has 2 aliphatic heterocycles. The van der Waals surface area contributed by atoms with Crippen LogP contribution in [0.15, 0.2) is 48.8 Å². The molecule has 0 radical (unpaired) electrons. The van der Waals surface area contributed by atoms with Crippen LogP contribution in [0, 0.1) is 11.2 Å². The average Bonchev–Trinajstić information content (AvgIpc) is 3.56. The number of aromatic nitrogens is 2. The van der Waals surface area contributed by atoms with Gasteiger partial charge >= 0.3 is 0 Å². The molecule has 7 nitrogen and oxygen atoms in total. The third kappa shape index (κ3) is 7.34. The van der Waals surface area contributed by atoms with Crippen LogP contribution in [0.25, 0.3) is 0 Å². The number of hydrogen-bond donors (Lipinski definition) is 4. The third-order valence-corrected chi connectivity index (χ3v) is 6.46. The van der Waals surface area contributed by atoms with E-state index < -0.39 is 11.2 Å². The highest BCUT2D eigenvalue weighted by molar-refractivity contribution is 6.31. The molecule has 3 aromatic rings. The molecule has 3 heterocycles. The zero-order valence-electron chi connectivity index (χ0n) is 22.0. The molecule has 204 valence electrons. The molecule has 0 saturated carbocycles. The summed E-state index contributed by atoms with van der Waals surface area (Å²) >= 11 is 12.0. The molecule has 38 heavy (non-hydrogen) atoms. The molecule has 2 atom stereocenters. The molecule has 4 N–H and O–H groups in total. The highest BCUT2D eigenvalue weighted by Crippen LogP contribution is 2.50. The smallest absolute Gasteiger partial charge is 0.237 e. The lowest BCUT2D eigenvalue weighted by Gasteiger charge is -2.29. The van der Waals surface area contributed by atoms with Crippen molar-refractivity contribution in [2.24, 2.45) is 5.41 Å². The Bertz CT molecular complexity index is 1240. The molecule has 2 amide bonds. The number of rotatable bonds is 5. The number of imidazole rings is 1. The number of benzene rings is 2. The molecule has 2 aromatic carbocycles. The van der Waals surface area contributed by atoms with Gasteiger partial charge < -0.3 is 20.9 Å². The second-order valence-corrected chi connectivity index (χ2v) is 11.7. The van der Waals surface area contributed by atoms with Crippen molar-refractivity contribution in [1.82, 2.24) is 20.6 Å². The van der Waals surface area contributed by atoms with Gasteiger partial charge in [-0.15, -0.1) is 0 Å². The van der Waals surface area contributed by atoms with Crippen molar-refractivity contribution in [3.05, 3.63) is 81.6 Å². The van der Waals surface area contributed by atoms with Gasteiger partial charge in [0.05, 0.1) is 10.4 Å². The third-order valence-electron chi connectivity index (χ3n) is 5.94. The number of carbonyl (C=O) groups excluding carboxylic acids is 2. The molecule has 0 aliphatic carbocycles. The number of amides is 2. The fourth-order valence-electron chi connectivity index (χ4n) is 4.42. The van der Waals surface area contributed by atoms with Crippen molar-refractivity contribution < 1.29 is 14.0 Å². The Hall–Kier alpha value is -2.94. The molecule has 1 unspecified atom stereocenters. The van der Waals surface area contributed by atoms with Crippen LogP contribution in [0.3, 0.4) is 0 Å². The number of hydrogen-bond acceptors (Lipinski definition) is 4. The summed E-state index contributed by atoms with van der Waals surface area (Å²) in [6.45, 7) is 10.5. The Labute approximate surface area is 232 Å². The van der Waals surface area contributed by atoms with E-state index in [2.05, 4.69) is 53.6 Å². The standard InChI is InChI=1S/C17H13Cl2FN2O.C6H9N3O.C5H12/c18-10-3-1-2-9(4-10)12-7-21-8-17(12)11-5-14(20)13(19)6-15(11)22-16(17)23;10-5-7-2-1-6-8-3-4-9-6;1-5(2,3)4/h1-6,12,21H,7-8H2,(H,22,23);3-5H,1-2H2,(H,7,10)(H,8,9);1-4H3/t12-,17?;;/m1../s1. The van der Waals surface area contributed by atoms with E-state index in [1.54, 1.807) is 18.5 Å². The Morgan fingerprint density at radius 1 is 1.21 bits per heavy atom. The van der Waals surface area contributed by atoms with E-state index in [1.165, 1.54) is 12.1 Å². The summed E-state index contributed by atoms with van der Waals surface area (Å²) in [6.07, 6.45) is 4.89. The van der Waals surface area contributed by atoms with Gasteiger partial charge in [-0.25, -0.2) is 9.37 Å². The number of carbonyl (C=O) groups is 2. The number of nitrogens with one attached hydrogen (secondary N) is 4. The van der Waals surface area contributed by atoms with Crippen molar-refractivity contribution in [3.8, 4) is 0 Å². The summed E-state index contributed by atoms with van der Waals surface area (Å²) in [5.74, 6) is 0.125. The minimum Gasteiger partial charge on any atom is -0.358 e.